The lowest BCUT2D eigenvalue weighted by Gasteiger charge is -2.38. The van der Waals surface area contributed by atoms with E-state index in [9.17, 15) is 5.26 Å². The number of nitriles is 1. The van der Waals surface area contributed by atoms with Crippen molar-refractivity contribution in [2.24, 2.45) is 0 Å². The SMILES string of the molecule is CC(C)(C#N)c1cc2c3c(c1)CCCN3CCC2. The molecular formula is C16H20N2. The fourth-order valence-corrected chi connectivity index (χ4v) is 3.23. The number of hydrogen-bond acceptors (Lipinski definition) is 2. The third-order valence-electron chi connectivity index (χ3n) is 4.33. The summed E-state index contributed by atoms with van der Waals surface area (Å²) in [6.07, 6.45) is 4.86. The second-order valence-electron chi connectivity index (χ2n) is 6.07. The molecule has 0 spiro atoms. The van der Waals surface area contributed by atoms with Gasteiger partial charge in [-0.05, 0) is 56.2 Å². The standard InChI is InChI=1S/C16H20N2/c1-16(2,11-17)14-9-12-5-3-7-18-8-4-6-13(10-14)15(12)18/h9-10H,3-8H2,1-2H3. The quantitative estimate of drug-likeness (QED) is 0.754. The molecule has 2 aliphatic rings. The number of anilines is 1. The molecule has 0 N–H and O–H groups in total. The Morgan fingerprint density at radius 2 is 1.67 bits per heavy atom. The Bertz CT molecular complexity index is 491. The lowest BCUT2D eigenvalue weighted by Crippen LogP contribution is -2.35. The van der Waals surface area contributed by atoms with Gasteiger partial charge in [0, 0.05) is 18.8 Å². The van der Waals surface area contributed by atoms with Crippen LogP contribution in [0, 0.1) is 11.3 Å². The molecule has 0 unspecified atom stereocenters. The molecule has 0 atom stereocenters. The largest absolute Gasteiger partial charge is 0.371 e. The number of nitrogens with zero attached hydrogens (tertiary/aromatic N) is 2. The highest BCUT2D eigenvalue weighted by Crippen LogP contribution is 2.38. The molecule has 0 fully saturated rings. The smallest absolute Gasteiger partial charge is 0.0766 e. The zero-order valence-electron chi connectivity index (χ0n) is 11.3. The normalized spacial score (nSPS) is 18.2. The Morgan fingerprint density at radius 1 is 1.11 bits per heavy atom. The molecule has 2 heteroatoms. The Morgan fingerprint density at radius 3 is 2.17 bits per heavy atom. The fourth-order valence-electron chi connectivity index (χ4n) is 3.23. The average molecular weight is 240 g/mol. The van der Waals surface area contributed by atoms with Crippen molar-refractivity contribution in [3.05, 3.63) is 28.8 Å². The van der Waals surface area contributed by atoms with Crippen LogP contribution < -0.4 is 4.90 Å². The Balaban J connectivity index is 2.15. The number of hydrogen-bond donors (Lipinski definition) is 0. The van der Waals surface area contributed by atoms with Crippen molar-refractivity contribution in [3.8, 4) is 6.07 Å². The summed E-state index contributed by atoms with van der Waals surface area (Å²) in [5, 5.41) is 9.32. The van der Waals surface area contributed by atoms with E-state index in [1.54, 1.807) is 0 Å². The Labute approximate surface area is 109 Å². The molecule has 0 saturated heterocycles. The van der Waals surface area contributed by atoms with Crippen LogP contribution >= 0.6 is 0 Å². The molecular weight excluding hydrogens is 220 g/mol. The summed E-state index contributed by atoms with van der Waals surface area (Å²) in [5.74, 6) is 0. The molecule has 0 aliphatic carbocycles. The zero-order valence-corrected chi connectivity index (χ0v) is 11.3. The highest BCUT2D eigenvalue weighted by Gasteiger charge is 2.28. The van der Waals surface area contributed by atoms with Crippen LogP contribution in [0.25, 0.3) is 0 Å². The van der Waals surface area contributed by atoms with Gasteiger partial charge in [-0.1, -0.05) is 12.1 Å². The van der Waals surface area contributed by atoms with Crippen molar-refractivity contribution in [1.82, 2.24) is 0 Å². The van der Waals surface area contributed by atoms with Gasteiger partial charge in [-0.15, -0.1) is 0 Å². The average Bonchev–Trinajstić information content (AvgIpc) is 2.39. The van der Waals surface area contributed by atoms with Crippen LogP contribution in [0.5, 0.6) is 0 Å². The third-order valence-corrected chi connectivity index (χ3v) is 4.33. The van der Waals surface area contributed by atoms with Gasteiger partial charge in [0.15, 0.2) is 0 Å². The van der Waals surface area contributed by atoms with Crippen LogP contribution in [-0.4, -0.2) is 13.1 Å². The third kappa shape index (κ3) is 1.70. The van der Waals surface area contributed by atoms with Gasteiger partial charge in [-0.3, -0.25) is 0 Å². The van der Waals surface area contributed by atoms with Crippen LogP contribution in [0.15, 0.2) is 12.1 Å². The van der Waals surface area contributed by atoms with Crippen LogP contribution in [0.3, 0.4) is 0 Å². The number of rotatable bonds is 1. The van der Waals surface area contributed by atoms with Crippen molar-refractivity contribution >= 4 is 5.69 Å². The minimum atomic E-state index is -0.370. The molecule has 2 heterocycles. The first-order chi connectivity index (χ1) is 8.62. The maximum absolute atomic E-state index is 9.32. The Hall–Kier alpha value is -1.49. The molecule has 2 aliphatic heterocycles. The van der Waals surface area contributed by atoms with E-state index < -0.39 is 0 Å². The fraction of sp³-hybridized carbons (Fsp3) is 0.562. The van der Waals surface area contributed by atoms with Crippen LogP contribution in [-0.2, 0) is 18.3 Å². The van der Waals surface area contributed by atoms with E-state index in [4.69, 9.17) is 0 Å². The molecule has 2 nitrogen and oxygen atoms in total. The first-order valence-electron chi connectivity index (χ1n) is 6.94. The predicted octanol–water partition coefficient (Wildman–Crippen LogP) is 3.19. The van der Waals surface area contributed by atoms with Gasteiger partial charge in [-0.2, -0.15) is 5.26 Å². The monoisotopic (exact) mass is 240 g/mol. The van der Waals surface area contributed by atoms with Gasteiger partial charge < -0.3 is 4.90 Å². The summed E-state index contributed by atoms with van der Waals surface area (Å²) in [6, 6.07) is 6.99. The van der Waals surface area contributed by atoms with Gasteiger partial charge in [0.25, 0.3) is 0 Å². The molecule has 18 heavy (non-hydrogen) atoms. The van der Waals surface area contributed by atoms with E-state index >= 15 is 0 Å². The van der Waals surface area contributed by atoms with Crippen LogP contribution in [0.4, 0.5) is 5.69 Å². The van der Waals surface area contributed by atoms with Crippen LogP contribution in [0.2, 0.25) is 0 Å². The predicted molar refractivity (Wildman–Crippen MR) is 73.9 cm³/mol. The van der Waals surface area contributed by atoms with Crippen molar-refractivity contribution in [2.75, 3.05) is 18.0 Å². The summed E-state index contributed by atoms with van der Waals surface area (Å²) in [7, 11) is 0. The van der Waals surface area contributed by atoms with Gasteiger partial charge in [0.05, 0.1) is 11.5 Å². The van der Waals surface area contributed by atoms with Gasteiger partial charge in [0.1, 0.15) is 0 Å². The summed E-state index contributed by atoms with van der Waals surface area (Å²) < 4.78 is 0. The van der Waals surface area contributed by atoms with Crippen LogP contribution in [0.1, 0.15) is 43.4 Å². The summed E-state index contributed by atoms with van der Waals surface area (Å²) in [6.45, 7) is 6.46. The summed E-state index contributed by atoms with van der Waals surface area (Å²) >= 11 is 0. The van der Waals surface area contributed by atoms with Gasteiger partial charge in [0.2, 0.25) is 0 Å². The van der Waals surface area contributed by atoms with E-state index in [0.29, 0.717) is 0 Å². The second kappa shape index (κ2) is 4.02. The Kier molecular flexibility index (Phi) is 2.59. The van der Waals surface area contributed by atoms with Gasteiger partial charge >= 0.3 is 0 Å². The maximum atomic E-state index is 9.32. The van der Waals surface area contributed by atoms with Crippen molar-refractivity contribution < 1.29 is 0 Å². The molecule has 0 bridgehead atoms. The zero-order chi connectivity index (χ0) is 12.8. The van der Waals surface area contributed by atoms with E-state index in [2.05, 4.69) is 23.1 Å². The maximum Gasteiger partial charge on any atom is 0.0766 e. The van der Waals surface area contributed by atoms with E-state index in [1.807, 2.05) is 13.8 Å². The first-order valence-corrected chi connectivity index (χ1v) is 6.94. The molecule has 94 valence electrons. The second-order valence-corrected chi connectivity index (χ2v) is 6.07. The molecule has 1 aromatic rings. The molecule has 0 saturated carbocycles. The topological polar surface area (TPSA) is 27.0 Å². The van der Waals surface area contributed by atoms with E-state index in [-0.39, 0.29) is 5.41 Å². The minimum Gasteiger partial charge on any atom is -0.371 e. The number of benzene rings is 1. The molecule has 0 aromatic heterocycles. The minimum absolute atomic E-state index is 0.370. The van der Waals surface area contributed by atoms with Crippen molar-refractivity contribution in [2.45, 2.75) is 44.9 Å². The summed E-state index contributed by atoms with van der Waals surface area (Å²) in [5.41, 5.74) is 5.26. The van der Waals surface area contributed by atoms with Gasteiger partial charge in [-0.25, -0.2) is 0 Å². The highest BCUT2D eigenvalue weighted by molar-refractivity contribution is 5.65. The number of aryl methyl sites for hydroxylation is 2. The van der Waals surface area contributed by atoms with E-state index in [0.717, 1.165) is 0 Å². The first kappa shape index (κ1) is 11.6. The van der Waals surface area contributed by atoms with Crippen molar-refractivity contribution in [3.63, 3.8) is 0 Å². The lowest BCUT2D eigenvalue weighted by atomic mass is 9.81. The van der Waals surface area contributed by atoms with E-state index in [1.165, 1.54) is 61.2 Å². The summed E-state index contributed by atoms with van der Waals surface area (Å²) in [4.78, 5) is 2.54. The lowest BCUT2D eigenvalue weighted by molar-refractivity contribution is 0.624. The molecule has 1 aromatic carbocycles. The highest BCUT2D eigenvalue weighted by atomic mass is 15.1. The van der Waals surface area contributed by atoms with Crippen molar-refractivity contribution in [1.29, 1.82) is 5.26 Å². The molecule has 0 radical (unpaired) electrons. The molecule has 3 rings (SSSR count). The molecule has 0 amide bonds.